The van der Waals surface area contributed by atoms with Gasteiger partial charge in [-0.15, -0.1) is 11.3 Å². The number of Topliss-reactive ketones (excluding diaryl/α,β-unsaturated/α-hetero) is 1. The van der Waals surface area contributed by atoms with E-state index in [-0.39, 0.29) is 17.9 Å². The number of thiophene rings is 1. The molecular formula is C23H20N2O4S. The van der Waals surface area contributed by atoms with Gasteiger partial charge in [0.25, 0.3) is 11.7 Å². The second kappa shape index (κ2) is 8.12. The zero-order valence-corrected chi connectivity index (χ0v) is 17.3. The predicted octanol–water partition coefficient (Wildman–Crippen LogP) is 4.08. The fourth-order valence-electron chi connectivity index (χ4n) is 3.66. The van der Waals surface area contributed by atoms with Gasteiger partial charge in [-0.3, -0.25) is 14.6 Å². The Labute approximate surface area is 178 Å². The minimum Gasteiger partial charge on any atom is -0.507 e. The molecule has 4 rings (SSSR count). The molecule has 0 bridgehead atoms. The Kier molecular flexibility index (Phi) is 5.37. The zero-order chi connectivity index (χ0) is 21.3. The van der Waals surface area contributed by atoms with Crippen molar-refractivity contribution in [1.29, 1.82) is 0 Å². The Morgan fingerprint density at radius 1 is 1.23 bits per heavy atom. The lowest BCUT2D eigenvalue weighted by Gasteiger charge is -2.24. The molecule has 0 unspecified atom stereocenters. The number of carbonyl (C=O) groups excluding carboxylic acids is 2. The molecule has 1 aliphatic heterocycles. The normalized spacial score (nSPS) is 18.1. The first-order chi connectivity index (χ1) is 14.5. The van der Waals surface area contributed by atoms with Gasteiger partial charge in [0.1, 0.15) is 11.5 Å². The maximum absolute atomic E-state index is 13.0. The molecule has 1 aliphatic rings. The van der Waals surface area contributed by atoms with E-state index in [4.69, 9.17) is 4.74 Å². The number of hydrogen-bond donors (Lipinski definition) is 1. The van der Waals surface area contributed by atoms with Crippen LogP contribution >= 0.6 is 11.3 Å². The predicted molar refractivity (Wildman–Crippen MR) is 114 cm³/mol. The number of hydrogen-bond acceptors (Lipinski definition) is 6. The summed E-state index contributed by atoms with van der Waals surface area (Å²) in [5, 5.41) is 13.0. The highest BCUT2D eigenvalue weighted by molar-refractivity contribution is 7.10. The van der Waals surface area contributed by atoms with Crippen LogP contribution in [0.25, 0.3) is 5.76 Å². The quantitative estimate of drug-likeness (QED) is 0.382. The summed E-state index contributed by atoms with van der Waals surface area (Å²) >= 11 is 1.44. The Morgan fingerprint density at radius 2 is 2.07 bits per heavy atom. The maximum atomic E-state index is 13.0. The first kappa shape index (κ1) is 19.8. The number of methoxy groups -OCH3 is 1. The summed E-state index contributed by atoms with van der Waals surface area (Å²) in [5.41, 5.74) is 2.19. The lowest BCUT2D eigenvalue weighted by molar-refractivity contribution is -0.140. The lowest BCUT2D eigenvalue weighted by Crippen LogP contribution is -2.28. The molecule has 7 heteroatoms. The number of aliphatic hydroxyl groups excluding tert-OH is 1. The molecule has 1 N–H and O–H groups in total. The number of aliphatic hydroxyl groups is 1. The van der Waals surface area contributed by atoms with Gasteiger partial charge < -0.3 is 14.7 Å². The SMILES string of the molecule is COc1ccc(/C(O)=C2\C(=O)C(=O)N(Cc3cccnc3)[C@H]2c2cccs2)cc1C. The summed E-state index contributed by atoms with van der Waals surface area (Å²) in [7, 11) is 1.57. The molecule has 6 nitrogen and oxygen atoms in total. The number of pyridine rings is 1. The summed E-state index contributed by atoms with van der Waals surface area (Å²) in [6, 6.07) is 11.9. The summed E-state index contributed by atoms with van der Waals surface area (Å²) in [6.45, 7) is 2.08. The van der Waals surface area contributed by atoms with E-state index >= 15 is 0 Å². The smallest absolute Gasteiger partial charge is 0.295 e. The van der Waals surface area contributed by atoms with Crippen molar-refractivity contribution in [3.05, 3.63) is 87.4 Å². The number of aryl methyl sites for hydroxylation is 1. The molecule has 1 fully saturated rings. The van der Waals surface area contributed by atoms with Crippen molar-refractivity contribution in [2.24, 2.45) is 0 Å². The fraction of sp³-hybridized carbons (Fsp3) is 0.174. The molecule has 0 spiro atoms. The van der Waals surface area contributed by atoms with Crippen LogP contribution in [0.3, 0.4) is 0 Å². The van der Waals surface area contributed by atoms with Crippen molar-refractivity contribution in [2.45, 2.75) is 19.5 Å². The van der Waals surface area contributed by atoms with Crippen LogP contribution in [0.2, 0.25) is 0 Å². The summed E-state index contributed by atoms with van der Waals surface area (Å²) in [6.07, 6.45) is 3.32. The fourth-order valence-corrected chi connectivity index (χ4v) is 4.50. The van der Waals surface area contributed by atoms with E-state index in [1.54, 1.807) is 43.8 Å². The van der Waals surface area contributed by atoms with Gasteiger partial charge in [0.05, 0.1) is 18.7 Å². The monoisotopic (exact) mass is 420 g/mol. The van der Waals surface area contributed by atoms with Gasteiger partial charge in [0, 0.05) is 29.4 Å². The minimum atomic E-state index is -0.691. The average Bonchev–Trinajstić information content (AvgIpc) is 3.37. The van der Waals surface area contributed by atoms with E-state index in [1.807, 2.05) is 30.5 Å². The minimum absolute atomic E-state index is 0.0934. The van der Waals surface area contributed by atoms with Gasteiger partial charge in [-0.25, -0.2) is 0 Å². The lowest BCUT2D eigenvalue weighted by atomic mass is 9.98. The third kappa shape index (κ3) is 3.48. The molecule has 30 heavy (non-hydrogen) atoms. The highest BCUT2D eigenvalue weighted by Gasteiger charge is 2.46. The Balaban J connectivity index is 1.83. The number of nitrogens with zero attached hydrogens (tertiary/aromatic N) is 2. The maximum Gasteiger partial charge on any atom is 0.295 e. The van der Waals surface area contributed by atoms with E-state index in [0.29, 0.717) is 11.3 Å². The zero-order valence-electron chi connectivity index (χ0n) is 16.5. The van der Waals surface area contributed by atoms with E-state index in [9.17, 15) is 14.7 Å². The van der Waals surface area contributed by atoms with Crippen LogP contribution in [0.5, 0.6) is 5.75 Å². The van der Waals surface area contributed by atoms with E-state index < -0.39 is 17.7 Å². The van der Waals surface area contributed by atoms with Crippen LogP contribution in [-0.2, 0) is 16.1 Å². The number of ether oxygens (including phenoxy) is 1. The molecule has 3 aromatic rings. The van der Waals surface area contributed by atoms with Crippen LogP contribution < -0.4 is 4.74 Å². The van der Waals surface area contributed by atoms with E-state index in [2.05, 4.69) is 4.98 Å². The van der Waals surface area contributed by atoms with Gasteiger partial charge in [-0.2, -0.15) is 0 Å². The standard InChI is InChI=1S/C23H20N2O4S/c1-14-11-16(7-8-17(14)29-2)21(26)19-20(18-6-4-10-30-18)25(23(28)22(19)27)13-15-5-3-9-24-12-15/h3-12,20,26H,13H2,1-2H3/b21-19+/t20-/m0/s1. The number of carbonyl (C=O) groups is 2. The van der Waals surface area contributed by atoms with Crippen LogP contribution in [0.1, 0.15) is 27.6 Å². The highest BCUT2D eigenvalue weighted by Crippen LogP contribution is 2.42. The molecule has 152 valence electrons. The van der Waals surface area contributed by atoms with Crippen molar-refractivity contribution in [3.63, 3.8) is 0 Å². The van der Waals surface area contributed by atoms with Crippen LogP contribution in [0.4, 0.5) is 0 Å². The van der Waals surface area contributed by atoms with Crippen LogP contribution in [0, 0.1) is 6.92 Å². The van der Waals surface area contributed by atoms with Crippen molar-refractivity contribution >= 4 is 28.8 Å². The Bertz CT molecular complexity index is 1120. The van der Waals surface area contributed by atoms with E-state index in [0.717, 1.165) is 16.0 Å². The number of likely N-dealkylation sites (tertiary alicyclic amines) is 1. The molecule has 1 atom stereocenters. The largest absolute Gasteiger partial charge is 0.507 e. The van der Waals surface area contributed by atoms with E-state index in [1.165, 1.54) is 16.2 Å². The number of benzene rings is 1. The number of amides is 1. The van der Waals surface area contributed by atoms with Crippen molar-refractivity contribution in [3.8, 4) is 5.75 Å². The topological polar surface area (TPSA) is 79.7 Å². The first-order valence-corrected chi connectivity index (χ1v) is 10.2. The van der Waals surface area contributed by atoms with Gasteiger partial charge >= 0.3 is 0 Å². The number of aromatic nitrogens is 1. The van der Waals surface area contributed by atoms with Gasteiger partial charge in [-0.1, -0.05) is 12.1 Å². The number of rotatable bonds is 5. The number of ketones is 1. The first-order valence-electron chi connectivity index (χ1n) is 9.37. The average molecular weight is 420 g/mol. The summed E-state index contributed by atoms with van der Waals surface area (Å²) in [5.74, 6) is -0.836. The van der Waals surface area contributed by atoms with Gasteiger partial charge in [-0.05, 0) is 53.8 Å². The molecule has 0 saturated carbocycles. The summed E-state index contributed by atoms with van der Waals surface area (Å²) < 4.78 is 5.28. The Hall–Kier alpha value is -3.45. The molecule has 1 saturated heterocycles. The second-order valence-electron chi connectivity index (χ2n) is 6.99. The third-order valence-corrected chi connectivity index (χ3v) is 6.02. The van der Waals surface area contributed by atoms with Crippen LogP contribution in [-0.4, -0.2) is 33.8 Å². The molecule has 0 aliphatic carbocycles. The molecule has 2 aromatic heterocycles. The van der Waals surface area contributed by atoms with Crippen molar-refractivity contribution in [1.82, 2.24) is 9.88 Å². The third-order valence-electron chi connectivity index (χ3n) is 5.10. The highest BCUT2D eigenvalue weighted by atomic mass is 32.1. The van der Waals surface area contributed by atoms with Crippen molar-refractivity contribution in [2.75, 3.05) is 7.11 Å². The van der Waals surface area contributed by atoms with Gasteiger partial charge in [0.15, 0.2) is 0 Å². The Morgan fingerprint density at radius 3 is 2.70 bits per heavy atom. The molecular weight excluding hydrogens is 400 g/mol. The van der Waals surface area contributed by atoms with Gasteiger partial charge in [0.2, 0.25) is 0 Å². The second-order valence-corrected chi connectivity index (χ2v) is 7.97. The van der Waals surface area contributed by atoms with Crippen LogP contribution in [0.15, 0.2) is 65.8 Å². The molecule has 0 radical (unpaired) electrons. The summed E-state index contributed by atoms with van der Waals surface area (Å²) in [4.78, 5) is 32.3. The van der Waals surface area contributed by atoms with Crippen molar-refractivity contribution < 1.29 is 19.4 Å². The molecule has 3 heterocycles. The molecule has 1 amide bonds. The molecule has 1 aromatic carbocycles.